The van der Waals surface area contributed by atoms with Gasteiger partial charge < -0.3 is 0 Å². The number of nitrogens with zero attached hydrogens (tertiary/aromatic N) is 17. The molecule has 0 atom stereocenters. The zero-order valence-corrected chi connectivity index (χ0v) is 81.6. The van der Waals surface area contributed by atoms with Crippen LogP contribution in [-0.4, -0.2) is 108 Å². The number of hydrogen-bond donors (Lipinski definition) is 3. The van der Waals surface area contributed by atoms with Gasteiger partial charge in [0, 0.05) is 110 Å². The summed E-state index contributed by atoms with van der Waals surface area (Å²) < 4.78 is 0.378. The first-order valence-electron chi connectivity index (χ1n) is 42.6. The molecule has 16 rings (SSSR count). The van der Waals surface area contributed by atoms with E-state index in [2.05, 4.69) is 309 Å². The number of aromatic nitrogens is 18. The fraction of sp³-hybridized carbons (Fsp3) is 0.236. The van der Waals surface area contributed by atoms with Gasteiger partial charge in [-0.3, -0.25) is 59.8 Å². The molecule has 0 spiro atoms. The van der Waals surface area contributed by atoms with E-state index in [0.717, 1.165) is 124 Å². The van der Waals surface area contributed by atoms with Crippen LogP contribution >= 0.6 is 21.6 Å². The van der Waals surface area contributed by atoms with E-state index in [4.69, 9.17) is 18.1 Å². The SMILES string of the molecule is CC(=O)c1cc(-c2ccccn2)cc(C(C)(C)C)c1.CC(C)(C)c1cc(-c2ccccn2)[c-]c(-c2cnncn2)c1.CC(C)(C)c1cc(-c2ccccn2)cc(-c2cn[nH]c(=S)n2)c1.CC(C)(C)c1cc(-c2ccccn2)cc(-c2cnnc(NN)n2)c1.CC(C)(C)c1cc(-c2ccccn2)cc(-c2cnncn2)c1.CC(C)(C)c1cc(C(=O)C=O)cc(-c2ccccn2)c1.[Cl][Pt+]. The van der Waals surface area contributed by atoms with Crippen LogP contribution in [0, 0.1) is 10.8 Å². The standard InChI is InChI=1S/C18H20N6.C18H18N4S.C18H18N4.C18H17N4.C17H17NO2.C17H19NO.ClH.Pt/c1-18(2,3)14-9-12(15-6-4-5-7-20-15)8-13(10-14)16-11-21-24-17(22-16)23-19;1-18(2,3)14-9-12(15-6-4-5-7-19-15)8-13(10-14)16-11-20-22-17(23)21-16;2*1-18(2,3)15-9-13(16-6-4-5-7-19-16)8-14(10-15)17-11-21-22-12-20-17;1-17(2,3)14-9-12(15-6-4-5-7-18-15)8-13(10-14)16(20)11-19;1-12(19)13-9-14(16-7-5-6-8-18-16)11-15(10-13)17(2,3)4;;/h4-11H,19H2,1-3H3,(H,22,23,24);4-11H,1-3H3,(H,21,22,23);4-12H,1-3H3;4-7,9-12H,1-3H3;4-11H,1-3H3;5-11H,1-4H3;1H;/q;;;-1;;;;+2/p-1. The summed E-state index contributed by atoms with van der Waals surface area (Å²) in [6.07, 6.45) is 20.6. The predicted molar refractivity (Wildman–Crippen MR) is 526 cm³/mol. The molecule has 674 valence electrons. The van der Waals surface area contributed by atoms with Crippen LogP contribution in [-0.2, 0) is 56.1 Å². The van der Waals surface area contributed by atoms with Crippen molar-refractivity contribution >= 4 is 45.4 Å². The number of aromatic amines is 1. The van der Waals surface area contributed by atoms with Gasteiger partial charge in [-0.05, 0) is 237 Å². The molecule has 23 nitrogen and oxygen atoms in total. The normalized spacial score (nSPS) is 11.2. The van der Waals surface area contributed by atoms with Crippen molar-refractivity contribution in [1.29, 1.82) is 0 Å². The Morgan fingerprint density at radius 2 is 0.659 bits per heavy atom. The Balaban J connectivity index is 0.000000164. The minimum atomic E-state index is -0.506. The molecule has 0 amide bonds. The Bertz CT molecular complexity index is 6310. The molecule has 0 aliphatic heterocycles. The number of anilines is 1. The van der Waals surface area contributed by atoms with E-state index in [0.29, 0.717) is 22.3 Å². The number of Topliss-reactive ketones (excluding diaryl/α,β-unsaturated/α-hetero) is 2. The van der Waals surface area contributed by atoms with Gasteiger partial charge in [0.05, 0.1) is 64.1 Å². The molecule has 132 heavy (non-hydrogen) atoms. The van der Waals surface area contributed by atoms with Crippen LogP contribution in [0.2, 0.25) is 0 Å². The number of carbonyl (C=O) groups excluding carboxylic acids is 3. The Kier molecular flexibility index (Phi) is 34.7. The molecule has 0 radical (unpaired) electrons. The van der Waals surface area contributed by atoms with Crippen LogP contribution in [0.4, 0.5) is 5.95 Å². The number of carbonyl (C=O) groups is 3. The topological polar surface area (TPSA) is 324 Å². The van der Waals surface area contributed by atoms with Gasteiger partial charge in [-0.1, -0.05) is 178 Å². The summed E-state index contributed by atoms with van der Waals surface area (Å²) in [6, 6.07) is 73.4. The molecule has 0 saturated carbocycles. The predicted octanol–water partition coefficient (Wildman–Crippen LogP) is 23.7. The zero-order chi connectivity index (χ0) is 95.6. The van der Waals surface area contributed by atoms with E-state index in [9.17, 15) is 14.4 Å². The zero-order valence-electron chi connectivity index (χ0n) is 77.7. The molecule has 10 aromatic heterocycles. The molecule has 0 unspecified atom stereocenters. The average molecular weight is 1970 g/mol. The van der Waals surface area contributed by atoms with Crippen molar-refractivity contribution in [3.05, 3.63) is 342 Å². The molecule has 0 saturated heterocycles. The van der Waals surface area contributed by atoms with Gasteiger partial charge >= 0.3 is 28.2 Å². The third-order valence-electron chi connectivity index (χ3n) is 20.7. The number of nitrogens with one attached hydrogen (secondary N) is 2. The van der Waals surface area contributed by atoms with Crippen molar-refractivity contribution < 1.29 is 33.2 Å². The molecule has 0 aliphatic rings. The molecule has 0 fully saturated rings. The Hall–Kier alpha value is -13.8. The van der Waals surface area contributed by atoms with E-state index in [1.807, 2.05) is 134 Å². The monoisotopic (exact) mass is 1970 g/mol. The molecule has 10 heterocycles. The van der Waals surface area contributed by atoms with E-state index >= 15 is 0 Å². The molecular weight excluding hydrogens is 1860 g/mol. The number of H-pyrrole nitrogens is 1. The van der Waals surface area contributed by atoms with Crippen molar-refractivity contribution in [3.63, 3.8) is 0 Å². The van der Waals surface area contributed by atoms with Crippen LogP contribution in [0.1, 0.15) is 186 Å². The van der Waals surface area contributed by atoms with Crippen LogP contribution < -0.4 is 11.3 Å². The fourth-order valence-electron chi connectivity index (χ4n) is 13.1. The number of aldehydes is 1. The first kappa shape index (κ1) is 100. The second kappa shape index (κ2) is 45.7. The first-order valence-corrected chi connectivity index (χ1v) is 45.8. The summed E-state index contributed by atoms with van der Waals surface area (Å²) in [5.74, 6) is 5.26. The van der Waals surface area contributed by atoms with Crippen LogP contribution in [0.5, 0.6) is 0 Å². The Labute approximate surface area is 793 Å². The fourth-order valence-corrected chi connectivity index (χ4v) is 13.2. The van der Waals surface area contributed by atoms with E-state index in [1.54, 1.807) is 93.6 Å². The molecule has 6 aromatic carbocycles. The maximum absolute atomic E-state index is 11.7. The third kappa shape index (κ3) is 29.1. The van der Waals surface area contributed by atoms with Gasteiger partial charge in [-0.25, -0.2) is 20.8 Å². The van der Waals surface area contributed by atoms with Gasteiger partial charge in [0.1, 0.15) is 12.7 Å². The van der Waals surface area contributed by atoms with Gasteiger partial charge in [0.2, 0.25) is 10.6 Å². The Morgan fingerprint density at radius 3 is 0.985 bits per heavy atom. The minimum absolute atomic E-state index is 0.00501. The van der Waals surface area contributed by atoms with Gasteiger partial charge in [0.15, 0.2) is 12.1 Å². The molecular formula is C106H109ClN20O3PtS. The van der Waals surface area contributed by atoms with Gasteiger partial charge in [-0.2, -0.15) is 20.4 Å². The van der Waals surface area contributed by atoms with E-state index in [-0.39, 0.29) is 44.2 Å². The summed E-state index contributed by atoms with van der Waals surface area (Å²) in [7, 11) is 4.61. The second-order valence-corrected chi connectivity index (χ2v) is 37.4. The summed E-state index contributed by atoms with van der Waals surface area (Å²) in [5.41, 5.74) is 28.9. The number of benzene rings is 6. The summed E-state index contributed by atoms with van der Waals surface area (Å²) in [5, 5.41) is 29.8. The van der Waals surface area contributed by atoms with Crippen molar-refractivity contribution in [1.82, 2.24) is 90.6 Å². The van der Waals surface area contributed by atoms with Crippen LogP contribution in [0.15, 0.2) is 287 Å². The van der Waals surface area contributed by atoms with Crippen molar-refractivity contribution in [2.75, 3.05) is 5.43 Å². The average Bonchev–Trinajstić information content (AvgIpc) is 0.795. The molecule has 0 aliphatic carbocycles. The van der Waals surface area contributed by atoms with Crippen molar-refractivity contribution in [2.24, 2.45) is 5.84 Å². The van der Waals surface area contributed by atoms with Gasteiger partial charge in [-0.15, -0.1) is 39.1 Å². The van der Waals surface area contributed by atoms with Crippen molar-refractivity contribution in [3.8, 4) is 113 Å². The third-order valence-corrected chi connectivity index (χ3v) is 20.9. The van der Waals surface area contributed by atoms with E-state index in [1.165, 1.54) is 34.9 Å². The number of hydrogen-bond acceptors (Lipinski definition) is 23. The van der Waals surface area contributed by atoms with Crippen molar-refractivity contribution in [2.45, 2.75) is 164 Å². The maximum atomic E-state index is 11.7. The molecule has 0 bridgehead atoms. The number of rotatable bonds is 14. The number of pyridine rings is 6. The quantitative estimate of drug-likeness (QED) is 0.0173. The molecule has 26 heteroatoms. The van der Waals surface area contributed by atoms with E-state index < -0.39 is 5.78 Å². The number of nitrogen functional groups attached to an aromatic ring is 1. The summed E-state index contributed by atoms with van der Waals surface area (Å²) in [4.78, 5) is 78.0. The number of hydrazine groups is 1. The summed E-state index contributed by atoms with van der Waals surface area (Å²) >= 11 is 6.70. The van der Waals surface area contributed by atoms with Gasteiger partial charge in [0.25, 0.3) is 5.95 Å². The Morgan fingerprint density at radius 1 is 0.356 bits per heavy atom. The molecule has 4 N–H and O–H groups in total. The number of halogens is 1. The summed E-state index contributed by atoms with van der Waals surface area (Å²) in [6.45, 7) is 40.5. The number of nitrogens with two attached hydrogens (primary N) is 1. The number of ketones is 2. The van der Waals surface area contributed by atoms with Crippen LogP contribution in [0.25, 0.3) is 113 Å². The second-order valence-electron chi connectivity index (χ2n) is 37.0. The van der Waals surface area contributed by atoms with Crippen LogP contribution in [0.3, 0.4) is 0 Å². The first-order chi connectivity index (χ1) is 62.8. The molecule has 16 aromatic rings.